The van der Waals surface area contributed by atoms with E-state index in [1.54, 1.807) is 4.31 Å². The van der Waals surface area contributed by atoms with E-state index in [-0.39, 0.29) is 6.04 Å². The summed E-state index contributed by atoms with van der Waals surface area (Å²) in [6.07, 6.45) is 1.65. The maximum atomic E-state index is 12.9. The first kappa shape index (κ1) is 15.1. The van der Waals surface area contributed by atoms with Crippen molar-refractivity contribution in [3.8, 4) is 0 Å². The van der Waals surface area contributed by atoms with Crippen molar-refractivity contribution >= 4 is 21.2 Å². The van der Waals surface area contributed by atoms with Crippen LogP contribution in [0.15, 0.2) is 24.3 Å². The molecular weight excluding hydrogens is 316 g/mol. The molecule has 0 unspecified atom stereocenters. The van der Waals surface area contributed by atoms with E-state index in [2.05, 4.69) is 9.97 Å². The highest BCUT2D eigenvalue weighted by atomic mass is 32.2. The molecule has 1 atom stereocenters. The van der Waals surface area contributed by atoms with Crippen LogP contribution in [0, 0.1) is 0 Å². The Labute approximate surface area is 135 Å². The third-order valence-corrected chi connectivity index (χ3v) is 6.57. The van der Waals surface area contributed by atoms with Crippen LogP contribution in [-0.4, -0.2) is 59.8 Å². The second-order valence-corrected chi connectivity index (χ2v) is 7.81. The molecule has 0 saturated carbocycles. The average molecular weight is 336 g/mol. The third kappa shape index (κ3) is 2.65. The van der Waals surface area contributed by atoms with Gasteiger partial charge in [-0.25, -0.2) is 4.98 Å². The fourth-order valence-corrected chi connectivity index (χ4v) is 5.14. The van der Waals surface area contributed by atoms with Gasteiger partial charge in [-0.3, -0.25) is 0 Å². The van der Waals surface area contributed by atoms with E-state index in [1.807, 2.05) is 24.3 Å². The van der Waals surface area contributed by atoms with Crippen molar-refractivity contribution < 1.29 is 13.2 Å². The molecule has 2 aromatic rings. The third-order valence-electron chi connectivity index (χ3n) is 4.52. The number of aromatic nitrogens is 2. The van der Waals surface area contributed by atoms with E-state index < -0.39 is 10.2 Å². The Morgan fingerprint density at radius 2 is 1.96 bits per heavy atom. The molecule has 2 saturated heterocycles. The second kappa shape index (κ2) is 5.86. The first-order valence-electron chi connectivity index (χ1n) is 7.95. The fourth-order valence-electron chi connectivity index (χ4n) is 3.35. The van der Waals surface area contributed by atoms with Gasteiger partial charge in [0.1, 0.15) is 5.82 Å². The molecular formula is C15H20N4O3S. The highest BCUT2D eigenvalue weighted by Crippen LogP contribution is 2.34. The number of morpholine rings is 1. The fraction of sp³-hybridized carbons (Fsp3) is 0.533. The number of aromatic amines is 1. The van der Waals surface area contributed by atoms with Crippen LogP contribution in [0.1, 0.15) is 24.7 Å². The summed E-state index contributed by atoms with van der Waals surface area (Å²) in [5.74, 6) is 0.737. The summed E-state index contributed by atoms with van der Waals surface area (Å²) in [5, 5.41) is 0. The van der Waals surface area contributed by atoms with E-state index in [4.69, 9.17) is 4.74 Å². The first-order chi connectivity index (χ1) is 11.2. The molecule has 124 valence electrons. The van der Waals surface area contributed by atoms with Crippen LogP contribution < -0.4 is 0 Å². The van der Waals surface area contributed by atoms with Gasteiger partial charge < -0.3 is 9.72 Å². The van der Waals surface area contributed by atoms with Crippen molar-refractivity contribution in [1.82, 2.24) is 18.6 Å². The van der Waals surface area contributed by atoms with Crippen LogP contribution >= 0.6 is 0 Å². The number of hydrogen-bond acceptors (Lipinski definition) is 4. The van der Waals surface area contributed by atoms with E-state index in [0.29, 0.717) is 32.8 Å². The highest BCUT2D eigenvalue weighted by Gasteiger charge is 2.40. The number of nitrogens with one attached hydrogen (secondary N) is 1. The molecule has 0 aliphatic carbocycles. The van der Waals surface area contributed by atoms with Crippen molar-refractivity contribution in [3.05, 3.63) is 30.1 Å². The lowest BCUT2D eigenvalue weighted by Crippen LogP contribution is -2.48. The van der Waals surface area contributed by atoms with Crippen LogP contribution in [0.4, 0.5) is 0 Å². The topological polar surface area (TPSA) is 78.5 Å². The largest absolute Gasteiger partial charge is 0.379 e. The van der Waals surface area contributed by atoms with Crippen molar-refractivity contribution in [3.63, 3.8) is 0 Å². The molecule has 8 heteroatoms. The van der Waals surface area contributed by atoms with E-state index in [1.165, 1.54) is 4.31 Å². The molecule has 1 N–H and O–H groups in total. The van der Waals surface area contributed by atoms with Crippen LogP contribution in [0.25, 0.3) is 11.0 Å². The second-order valence-electron chi connectivity index (χ2n) is 5.93. The normalized spacial score (nSPS) is 24.4. The number of benzene rings is 1. The lowest BCUT2D eigenvalue weighted by Gasteiger charge is -2.32. The summed E-state index contributed by atoms with van der Waals surface area (Å²) in [5.41, 5.74) is 1.82. The summed E-state index contributed by atoms with van der Waals surface area (Å²) >= 11 is 0. The molecule has 0 radical (unpaired) electrons. The Morgan fingerprint density at radius 1 is 1.17 bits per heavy atom. The zero-order valence-electron chi connectivity index (χ0n) is 12.8. The van der Waals surface area contributed by atoms with Gasteiger partial charge in [-0.05, 0) is 25.0 Å². The quantitative estimate of drug-likeness (QED) is 0.916. The number of H-pyrrole nitrogens is 1. The molecule has 7 nitrogen and oxygen atoms in total. The minimum absolute atomic E-state index is 0.213. The van der Waals surface area contributed by atoms with Gasteiger partial charge in [-0.2, -0.15) is 17.0 Å². The minimum Gasteiger partial charge on any atom is -0.379 e. The maximum absolute atomic E-state index is 12.9. The Hall–Kier alpha value is -1.48. The molecule has 2 fully saturated rings. The predicted molar refractivity (Wildman–Crippen MR) is 86.1 cm³/mol. The van der Waals surface area contributed by atoms with E-state index in [9.17, 15) is 8.42 Å². The Kier molecular flexibility index (Phi) is 3.84. The molecule has 1 aromatic heterocycles. The number of imidazole rings is 1. The zero-order chi connectivity index (χ0) is 15.9. The predicted octanol–water partition coefficient (Wildman–Crippen LogP) is 1.28. The van der Waals surface area contributed by atoms with Crippen LogP contribution in [-0.2, 0) is 14.9 Å². The molecule has 3 heterocycles. The molecule has 0 spiro atoms. The van der Waals surface area contributed by atoms with E-state index in [0.717, 1.165) is 29.7 Å². The van der Waals surface area contributed by atoms with Gasteiger partial charge in [0.25, 0.3) is 10.2 Å². The maximum Gasteiger partial charge on any atom is 0.282 e. The van der Waals surface area contributed by atoms with Crippen molar-refractivity contribution in [2.75, 3.05) is 32.8 Å². The van der Waals surface area contributed by atoms with Crippen LogP contribution in [0.3, 0.4) is 0 Å². The van der Waals surface area contributed by atoms with Gasteiger partial charge >= 0.3 is 0 Å². The first-order valence-corrected chi connectivity index (χ1v) is 9.35. The van der Waals surface area contributed by atoms with Gasteiger partial charge in [0.05, 0.1) is 30.3 Å². The smallest absolute Gasteiger partial charge is 0.282 e. The van der Waals surface area contributed by atoms with Gasteiger partial charge in [0.15, 0.2) is 0 Å². The van der Waals surface area contributed by atoms with Gasteiger partial charge in [0, 0.05) is 19.6 Å². The van der Waals surface area contributed by atoms with Gasteiger partial charge in [0.2, 0.25) is 0 Å². The molecule has 2 aliphatic heterocycles. The summed E-state index contributed by atoms with van der Waals surface area (Å²) in [6, 6.07) is 7.56. The van der Waals surface area contributed by atoms with Gasteiger partial charge in [-0.15, -0.1) is 0 Å². The summed E-state index contributed by atoms with van der Waals surface area (Å²) in [6.45, 7) is 2.31. The molecule has 4 rings (SSSR count). The van der Waals surface area contributed by atoms with Crippen molar-refractivity contribution in [2.45, 2.75) is 18.9 Å². The number of hydrogen-bond donors (Lipinski definition) is 1. The number of ether oxygens (including phenoxy) is 1. The molecule has 2 aliphatic rings. The monoisotopic (exact) mass is 336 g/mol. The number of fused-ring (bicyclic) bond motifs is 1. The molecule has 0 amide bonds. The average Bonchev–Trinajstić information content (AvgIpc) is 3.22. The number of nitrogens with zero attached hydrogens (tertiary/aromatic N) is 3. The summed E-state index contributed by atoms with van der Waals surface area (Å²) < 4.78 is 34.3. The standard InChI is InChI=1S/C15H20N4O3S/c20-23(21,18-8-10-22-11-9-18)19-7-3-6-14(19)15-16-12-4-1-2-5-13(12)17-15/h1-2,4-5,14H,3,6-11H2,(H,16,17)/t14-/m0/s1. The number of rotatable bonds is 3. The van der Waals surface area contributed by atoms with Crippen molar-refractivity contribution in [2.24, 2.45) is 0 Å². The lowest BCUT2D eigenvalue weighted by molar-refractivity contribution is 0.0698. The van der Waals surface area contributed by atoms with Crippen LogP contribution in [0.5, 0.6) is 0 Å². The lowest BCUT2D eigenvalue weighted by atomic mass is 10.2. The van der Waals surface area contributed by atoms with Crippen LogP contribution in [0.2, 0.25) is 0 Å². The van der Waals surface area contributed by atoms with Crippen molar-refractivity contribution in [1.29, 1.82) is 0 Å². The molecule has 23 heavy (non-hydrogen) atoms. The highest BCUT2D eigenvalue weighted by molar-refractivity contribution is 7.86. The summed E-state index contributed by atoms with van der Waals surface area (Å²) in [7, 11) is -3.47. The number of para-hydroxylation sites is 2. The Bertz CT molecular complexity index is 765. The Morgan fingerprint density at radius 3 is 2.74 bits per heavy atom. The zero-order valence-corrected chi connectivity index (χ0v) is 13.6. The summed E-state index contributed by atoms with van der Waals surface area (Å²) in [4.78, 5) is 7.88. The molecule has 1 aromatic carbocycles. The SMILES string of the molecule is O=S(=O)(N1CCOCC1)N1CCC[C@H]1c1nc2ccccc2[nH]1. The van der Waals surface area contributed by atoms with Gasteiger partial charge in [-0.1, -0.05) is 12.1 Å². The minimum atomic E-state index is -3.47. The molecule has 0 bridgehead atoms. The Balaban J connectivity index is 1.65. The van der Waals surface area contributed by atoms with E-state index >= 15 is 0 Å².